The van der Waals surface area contributed by atoms with Crippen LogP contribution < -0.4 is 10.5 Å². The lowest BCUT2D eigenvalue weighted by Crippen LogP contribution is -2.24. The molecule has 2 rings (SSSR count). The number of thiazole rings is 1. The number of aromatic nitrogens is 1. The lowest BCUT2D eigenvalue weighted by Gasteiger charge is -2.12. The summed E-state index contributed by atoms with van der Waals surface area (Å²) >= 11 is 1.48. The average Bonchev–Trinajstić information content (AvgIpc) is 2.85. The van der Waals surface area contributed by atoms with Crippen molar-refractivity contribution < 1.29 is 8.42 Å². The zero-order valence-corrected chi connectivity index (χ0v) is 13.9. The standard InChI is InChI=1S/C14H19N3O2S2/c1-9-4-12(6-15)5-14(10(9)2)21(18,19)17-8-13-7-16-11(3)20-13/h4-5,7,17H,6,8,15H2,1-3H3. The van der Waals surface area contributed by atoms with Gasteiger partial charge in [0.1, 0.15) is 0 Å². The van der Waals surface area contributed by atoms with Crippen LogP contribution in [-0.4, -0.2) is 13.4 Å². The van der Waals surface area contributed by atoms with Crippen molar-refractivity contribution in [1.82, 2.24) is 9.71 Å². The molecule has 2 aromatic rings. The van der Waals surface area contributed by atoms with E-state index in [-0.39, 0.29) is 6.54 Å². The van der Waals surface area contributed by atoms with Gasteiger partial charge in [0.15, 0.2) is 0 Å². The Morgan fingerprint density at radius 2 is 2.00 bits per heavy atom. The maximum absolute atomic E-state index is 12.5. The van der Waals surface area contributed by atoms with Gasteiger partial charge in [0, 0.05) is 24.2 Å². The first kappa shape index (κ1) is 16.1. The molecule has 1 aromatic heterocycles. The minimum absolute atomic E-state index is 0.249. The highest BCUT2D eigenvalue weighted by molar-refractivity contribution is 7.89. The average molecular weight is 325 g/mol. The summed E-state index contributed by atoms with van der Waals surface area (Å²) in [4.78, 5) is 5.30. The molecule has 0 fully saturated rings. The minimum Gasteiger partial charge on any atom is -0.326 e. The first-order valence-electron chi connectivity index (χ1n) is 6.54. The van der Waals surface area contributed by atoms with Gasteiger partial charge in [-0.1, -0.05) is 6.07 Å². The molecule has 0 unspecified atom stereocenters. The van der Waals surface area contributed by atoms with E-state index < -0.39 is 10.0 Å². The molecule has 0 saturated carbocycles. The van der Waals surface area contributed by atoms with Gasteiger partial charge in [0.05, 0.1) is 9.90 Å². The fourth-order valence-electron chi connectivity index (χ4n) is 2.03. The Labute approximate surface area is 129 Å². The van der Waals surface area contributed by atoms with Gasteiger partial charge in [-0.3, -0.25) is 0 Å². The summed E-state index contributed by atoms with van der Waals surface area (Å²) in [5.74, 6) is 0. The highest BCUT2D eigenvalue weighted by Crippen LogP contribution is 2.21. The largest absolute Gasteiger partial charge is 0.326 e. The number of benzene rings is 1. The van der Waals surface area contributed by atoms with Crippen molar-refractivity contribution in [3.05, 3.63) is 44.9 Å². The highest BCUT2D eigenvalue weighted by Gasteiger charge is 2.19. The second kappa shape index (κ2) is 6.23. The second-order valence-corrected chi connectivity index (χ2v) is 7.96. The van der Waals surface area contributed by atoms with Crippen LogP contribution in [0.15, 0.2) is 23.2 Å². The van der Waals surface area contributed by atoms with Gasteiger partial charge in [-0.15, -0.1) is 11.3 Å². The molecule has 1 heterocycles. The van der Waals surface area contributed by atoms with Gasteiger partial charge in [0.2, 0.25) is 10.0 Å². The van der Waals surface area contributed by atoms with Crippen LogP contribution in [0.2, 0.25) is 0 Å². The van der Waals surface area contributed by atoms with Crippen LogP contribution >= 0.6 is 11.3 Å². The van der Waals surface area contributed by atoms with E-state index in [1.807, 2.05) is 19.9 Å². The monoisotopic (exact) mass is 325 g/mol. The quantitative estimate of drug-likeness (QED) is 0.880. The van der Waals surface area contributed by atoms with E-state index in [4.69, 9.17) is 5.73 Å². The van der Waals surface area contributed by atoms with Crippen LogP contribution in [0.3, 0.4) is 0 Å². The van der Waals surface area contributed by atoms with Gasteiger partial charge in [-0.05, 0) is 43.5 Å². The van der Waals surface area contributed by atoms with Crippen molar-refractivity contribution in [2.75, 3.05) is 0 Å². The maximum Gasteiger partial charge on any atom is 0.241 e. The molecule has 0 atom stereocenters. The summed E-state index contributed by atoms with van der Waals surface area (Å²) in [6, 6.07) is 3.56. The van der Waals surface area contributed by atoms with Crippen molar-refractivity contribution in [3.8, 4) is 0 Å². The number of aryl methyl sites for hydroxylation is 2. The predicted molar refractivity (Wildman–Crippen MR) is 84.7 cm³/mol. The van der Waals surface area contributed by atoms with Crippen LogP contribution in [0.25, 0.3) is 0 Å². The van der Waals surface area contributed by atoms with Gasteiger partial charge in [-0.25, -0.2) is 18.1 Å². The van der Waals surface area contributed by atoms with Crippen LogP contribution in [-0.2, 0) is 23.1 Å². The number of sulfonamides is 1. The summed E-state index contributed by atoms with van der Waals surface area (Å²) in [7, 11) is -3.56. The normalized spacial score (nSPS) is 11.8. The molecule has 5 nitrogen and oxygen atoms in total. The highest BCUT2D eigenvalue weighted by atomic mass is 32.2. The molecule has 0 radical (unpaired) electrons. The Morgan fingerprint density at radius 1 is 1.29 bits per heavy atom. The Morgan fingerprint density at radius 3 is 2.57 bits per heavy atom. The molecule has 0 aliphatic heterocycles. The molecule has 0 saturated heterocycles. The molecule has 114 valence electrons. The third-order valence-electron chi connectivity index (χ3n) is 3.31. The topological polar surface area (TPSA) is 85.1 Å². The molecule has 0 aliphatic carbocycles. The first-order valence-corrected chi connectivity index (χ1v) is 8.84. The van der Waals surface area contributed by atoms with Crippen molar-refractivity contribution in [3.63, 3.8) is 0 Å². The smallest absolute Gasteiger partial charge is 0.241 e. The van der Waals surface area contributed by atoms with E-state index in [0.717, 1.165) is 26.6 Å². The molecule has 7 heteroatoms. The van der Waals surface area contributed by atoms with Crippen LogP contribution in [0.5, 0.6) is 0 Å². The number of nitrogens with zero attached hydrogens (tertiary/aromatic N) is 1. The molecular weight excluding hydrogens is 306 g/mol. The van der Waals surface area contributed by atoms with Gasteiger partial charge in [-0.2, -0.15) is 0 Å². The van der Waals surface area contributed by atoms with Crippen molar-refractivity contribution in [1.29, 1.82) is 0 Å². The van der Waals surface area contributed by atoms with Crippen LogP contribution in [0.4, 0.5) is 0 Å². The van der Waals surface area contributed by atoms with Gasteiger partial charge < -0.3 is 5.73 Å². The third-order valence-corrected chi connectivity index (χ3v) is 5.75. The number of nitrogens with two attached hydrogens (primary N) is 1. The van der Waals surface area contributed by atoms with Crippen molar-refractivity contribution >= 4 is 21.4 Å². The molecule has 3 N–H and O–H groups in total. The van der Waals surface area contributed by atoms with Crippen LogP contribution in [0, 0.1) is 20.8 Å². The molecule has 21 heavy (non-hydrogen) atoms. The van der Waals surface area contributed by atoms with E-state index in [9.17, 15) is 8.42 Å². The SMILES string of the molecule is Cc1ncc(CNS(=O)(=O)c2cc(CN)cc(C)c2C)s1. The van der Waals surface area contributed by atoms with Crippen molar-refractivity contribution in [2.45, 2.75) is 38.8 Å². The number of hydrogen-bond donors (Lipinski definition) is 2. The van der Waals surface area contributed by atoms with E-state index in [2.05, 4.69) is 9.71 Å². The lowest BCUT2D eigenvalue weighted by atomic mass is 10.1. The fourth-order valence-corrected chi connectivity index (χ4v) is 4.22. The minimum atomic E-state index is -3.56. The molecule has 0 amide bonds. The number of nitrogens with one attached hydrogen (secondary N) is 1. The summed E-state index contributed by atoms with van der Waals surface area (Å²) in [6.45, 7) is 6.15. The molecule has 0 aliphatic rings. The van der Waals surface area contributed by atoms with E-state index in [1.54, 1.807) is 19.2 Å². The molecular formula is C14H19N3O2S2. The predicted octanol–water partition coefficient (Wildman–Crippen LogP) is 2.01. The van der Waals surface area contributed by atoms with E-state index >= 15 is 0 Å². The summed E-state index contributed by atoms with van der Waals surface area (Å²) in [6.07, 6.45) is 1.69. The van der Waals surface area contributed by atoms with Crippen LogP contribution in [0.1, 0.15) is 26.6 Å². The fraction of sp³-hybridized carbons (Fsp3) is 0.357. The molecule has 0 bridgehead atoms. The van der Waals surface area contributed by atoms with Gasteiger partial charge >= 0.3 is 0 Å². The first-order chi connectivity index (χ1) is 9.83. The summed E-state index contributed by atoms with van der Waals surface area (Å²) in [5.41, 5.74) is 8.11. The summed E-state index contributed by atoms with van der Waals surface area (Å²) in [5, 5.41) is 0.918. The Bertz CT molecular complexity index is 752. The summed E-state index contributed by atoms with van der Waals surface area (Å²) < 4.78 is 27.6. The molecule has 1 aromatic carbocycles. The second-order valence-electron chi connectivity index (χ2n) is 4.91. The zero-order chi connectivity index (χ0) is 15.6. The zero-order valence-electron chi connectivity index (χ0n) is 12.3. The van der Waals surface area contributed by atoms with Gasteiger partial charge in [0.25, 0.3) is 0 Å². The Kier molecular flexibility index (Phi) is 4.77. The van der Waals surface area contributed by atoms with E-state index in [0.29, 0.717) is 11.4 Å². The Hall–Kier alpha value is -1.28. The Balaban J connectivity index is 2.29. The maximum atomic E-state index is 12.5. The van der Waals surface area contributed by atoms with E-state index in [1.165, 1.54) is 11.3 Å². The van der Waals surface area contributed by atoms with Crippen molar-refractivity contribution in [2.24, 2.45) is 5.73 Å². The number of rotatable bonds is 5. The number of hydrogen-bond acceptors (Lipinski definition) is 5. The third kappa shape index (κ3) is 3.68. The molecule has 0 spiro atoms. The lowest BCUT2D eigenvalue weighted by molar-refractivity contribution is 0.581.